The predicted molar refractivity (Wildman–Crippen MR) is 39.3 cm³/mol. The van der Waals surface area contributed by atoms with E-state index in [1.165, 1.54) is 7.05 Å². The van der Waals surface area contributed by atoms with E-state index in [4.69, 9.17) is 10.2 Å². The summed E-state index contributed by atoms with van der Waals surface area (Å²) in [6.07, 6.45) is -1.54. The van der Waals surface area contributed by atoms with Crippen molar-refractivity contribution in [1.82, 2.24) is 9.80 Å². The molecule has 0 aromatic carbocycles. The van der Waals surface area contributed by atoms with Crippen LogP contribution in [-0.2, 0) is 4.79 Å². The number of nitrogens with zero attached hydrogens (tertiary/aromatic N) is 2. The number of hydrogen-bond donors (Lipinski definition) is 2. The van der Waals surface area contributed by atoms with Crippen molar-refractivity contribution in [2.75, 3.05) is 13.6 Å². The Morgan fingerprint density at radius 1 is 1.46 bits per heavy atom. The molecule has 1 heterocycles. The van der Waals surface area contributed by atoms with Gasteiger partial charge in [0.15, 0.2) is 6.04 Å². The first-order valence-corrected chi connectivity index (χ1v) is 3.45. The summed E-state index contributed by atoms with van der Waals surface area (Å²) in [6, 6.07) is -2.10. The van der Waals surface area contributed by atoms with Crippen molar-refractivity contribution < 1.29 is 24.6 Å². The van der Waals surface area contributed by atoms with E-state index in [2.05, 4.69) is 0 Å². The molecule has 0 aliphatic carbocycles. The summed E-state index contributed by atoms with van der Waals surface area (Å²) in [5, 5.41) is 17.1. The molecule has 1 aliphatic heterocycles. The SMILES string of the molecule is CN1CC(C(=O)O)N(C(=O)O)C1=O. The van der Waals surface area contributed by atoms with Gasteiger partial charge in [-0.15, -0.1) is 0 Å². The number of urea groups is 1. The molecule has 7 heteroatoms. The van der Waals surface area contributed by atoms with E-state index < -0.39 is 24.1 Å². The van der Waals surface area contributed by atoms with E-state index in [1.54, 1.807) is 0 Å². The fraction of sp³-hybridized carbons (Fsp3) is 0.500. The van der Waals surface area contributed by atoms with E-state index in [0.29, 0.717) is 4.90 Å². The Bertz CT molecular complexity index is 276. The highest BCUT2D eigenvalue weighted by Crippen LogP contribution is 2.14. The van der Waals surface area contributed by atoms with Crippen LogP contribution in [0.2, 0.25) is 0 Å². The zero-order valence-electron chi connectivity index (χ0n) is 6.80. The largest absolute Gasteiger partial charge is 0.480 e. The molecule has 3 amide bonds. The highest BCUT2D eigenvalue weighted by atomic mass is 16.4. The quantitative estimate of drug-likeness (QED) is 0.577. The molecule has 1 atom stereocenters. The third kappa shape index (κ3) is 1.40. The van der Waals surface area contributed by atoms with Gasteiger partial charge in [0.05, 0.1) is 6.54 Å². The summed E-state index contributed by atoms with van der Waals surface area (Å²) in [5.41, 5.74) is 0. The van der Waals surface area contributed by atoms with Crippen LogP contribution in [0.5, 0.6) is 0 Å². The first-order chi connectivity index (χ1) is 5.95. The van der Waals surface area contributed by atoms with Crippen LogP contribution < -0.4 is 0 Å². The minimum absolute atomic E-state index is 0.111. The maximum Gasteiger partial charge on any atom is 0.416 e. The molecule has 1 unspecified atom stereocenters. The van der Waals surface area contributed by atoms with Gasteiger partial charge in [-0.3, -0.25) is 0 Å². The molecule has 0 spiro atoms. The number of amides is 3. The van der Waals surface area contributed by atoms with Gasteiger partial charge in [0.2, 0.25) is 0 Å². The van der Waals surface area contributed by atoms with Crippen molar-refractivity contribution in [1.29, 1.82) is 0 Å². The number of rotatable bonds is 1. The van der Waals surface area contributed by atoms with E-state index in [0.717, 1.165) is 4.90 Å². The Balaban J connectivity index is 2.93. The molecule has 1 aliphatic rings. The summed E-state index contributed by atoms with van der Waals surface area (Å²) in [5.74, 6) is -1.32. The van der Waals surface area contributed by atoms with Crippen LogP contribution in [0.3, 0.4) is 0 Å². The third-order valence-electron chi connectivity index (χ3n) is 1.78. The normalized spacial score (nSPS) is 22.2. The molecular weight excluding hydrogens is 180 g/mol. The number of hydrogen-bond acceptors (Lipinski definition) is 3. The Labute approximate surface area is 73.2 Å². The molecular formula is C6H8N2O5. The number of carboxylic acids is 1. The first-order valence-electron chi connectivity index (χ1n) is 3.45. The van der Waals surface area contributed by atoms with E-state index in [-0.39, 0.29) is 6.54 Å². The van der Waals surface area contributed by atoms with Crippen molar-refractivity contribution in [3.63, 3.8) is 0 Å². The molecule has 0 bridgehead atoms. The molecule has 0 radical (unpaired) electrons. The lowest BCUT2D eigenvalue weighted by molar-refractivity contribution is -0.140. The number of carboxylic acid groups (broad SMARTS) is 2. The predicted octanol–water partition coefficient (Wildman–Crippen LogP) is -0.515. The van der Waals surface area contributed by atoms with Crippen LogP contribution in [0, 0.1) is 0 Å². The van der Waals surface area contributed by atoms with Gasteiger partial charge in [-0.25, -0.2) is 19.3 Å². The monoisotopic (exact) mass is 188 g/mol. The summed E-state index contributed by atoms with van der Waals surface area (Å²) in [7, 11) is 1.35. The summed E-state index contributed by atoms with van der Waals surface area (Å²) in [4.78, 5) is 33.4. The second kappa shape index (κ2) is 2.92. The molecule has 0 saturated carbocycles. The summed E-state index contributed by atoms with van der Waals surface area (Å²) in [6.45, 7) is -0.111. The van der Waals surface area contributed by atoms with Crippen molar-refractivity contribution in [3.8, 4) is 0 Å². The van der Waals surface area contributed by atoms with Crippen LogP contribution in [-0.4, -0.2) is 57.7 Å². The second-order valence-electron chi connectivity index (χ2n) is 2.67. The van der Waals surface area contributed by atoms with Gasteiger partial charge >= 0.3 is 18.1 Å². The van der Waals surface area contributed by atoms with Crippen LogP contribution in [0.25, 0.3) is 0 Å². The minimum Gasteiger partial charge on any atom is -0.480 e. The van der Waals surface area contributed by atoms with E-state index in [9.17, 15) is 14.4 Å². The van der Waals surface area contributed by atoms with Crippen molar-refractivity contribution >= 4 is 18.1 Å². The maximum absolute atomic E-state index is 11.1. The van der Waals surface area contributed by atoms with Gasteiger partial charge in [-0.1, -0.05) is 0 Å². The lowest BCUT2D eigenvalue weighted by atomic mass is 10.3. The Morgan fingerprint density at radius 3 is 2.31 bits per heavy atom. The maximum atomic E-state index is 11.1. The Hall–Kier alpha value is -1.79. The Kier molecular flexibility index (Phi) is 2.09. The van der Waals surface area contributed by atoms with Crippen LogP contribution in [0.4, 0.5) is 9.59 Å². The molecule has 7 nitrogen and oxygen atoms in total. The number of likely N-dealkylation sites (N-methyl/N-ethyl adjacent to an activating group) is 1. The van der Waals surface area contributed by atoms with Crippen molar-refractivity contribution in [2.24, 2.45) is 0 Å². The highest BCUT2D eigenvalue weighted by Gasteiger charge is 2.43. The molecule has 1 saturated heterocycles. The van der Waals surface area contributed by atoms with Crippen LogP contribution >= 0.6 is 0 Å². The standard InChI is InChI=1S/C6H8N2O5/c1-7-2-3(4(9)10)8(5(7)11)6(12)13/h3H,2H2,1H3,(H,9,10)(H,12,13). The number of carbonyl (C=O) groups is 3. The smallest absolute Gasteiger partial charge is 0.416 e. The molecule has 0 aromatic heterocycles. The zero-order chi connectivity index (χ0) is 10.2. The summed E-state index contributed by atoms with van der Waals surface area (Å²) >= 11 is 0. The molecule has 0 aromatic rings. The zero-order valence-corrected chi connectivity index (χ0v) is 6.80. The van der Waals surface area contributed by atoms with Crippen molar-refractivity contribution in [3.05, 3.63) is 0 Å². The van der Waals surface area contributed by atoms with Crippen molar-refractivity contribution in [2.45, 2.75) is 6.04 Å². The molecule has 13 heavy (non-hydrogen) atoms. The van der Waals surface area contributed by atoms with Crippen LogP contribution in [0.15, 0.2) is 0 Å². The van der Waals surface area contributed by atoms with Crippen LogP contribution in [0.1, 0.15) is 0 Å². The number of imide groups is 1. The van der Waals surface area contributed by atoms with E-state index in [1.807, 2.05) is 0 Å². The molecule has 1 fully saturated rings. The van der Waals surface area contributed by atoms with Gasteiger partial charge in [-0.2, -0.15) is 0 Å². The number of carbonyl (C=O) groups excluding carboxylic acids is 1. The van der Waals surface area contributed by atoms with Gasteiger partial charge in [0, 0.05) is 7.05 Å². The molecule has 72 valence electrons. The fourth-order valence-electron chi connectivity index (χ4n) is 1.14. The fourth-order valence-corrected chi connectivity index (χ4v) is 1.14. The van der Waals surface area contributed by atoms with Gasteiger partial charge < -0.3 is 15.1 Å². The second-order valence-corrected chi connectivity index (χ2v) is 2.67. The van der Waals surface area contributed by atoms with Gasteiger partial charge in [-0.05, 0) is 0 Å². The molecule has 2 N–H and O–H groups in total. The Morgan fingerprint density at radius 2 is 2.00 bits per heavy atom. The van der Waals surface area contributed by atoms with Gasteiger partial charge in [0.1, 0.15) is 0 Å². The molecule has 1 rings (SSSR count). The summed E-state index contributed by atoms with van der Waals surface area (Å²) < 4.78 is 0. The average Bonchev–Trinajstić information content (AvgIpc) is 2.28. The average molecular weight is 188 g/mol. The number of aliphatic carboxylic acids is 1. The minimum atomic E-state index is -1.54. The lowest BCUT2D eigenvalue weighted by Crippen LogP contribution is -2.42. The first kappa shape index (κ1) is 9.30. The third-order valence-corrected chi connectivity index (χ3v) is 1.78. The van der Waals surface area contributed by atoms with Gasteiger partial charge in [0.25, 0.3) is 0 Å². The van der Waals surface area contributed by atoms with E-state index >= 15 is 0 Å². The highest BCUT2D eigenvalue weighted by molar-refractivity contribution is 5.97. The topological polar surface area (TPSA) is 98.2 Å². The lowest BCUT2D eigenvalue weighted by Gasteiger charge is -2.12.